The summed E-state index contributed by atoms with van der Waals surface area (Å²) in [4.78, 5) is 14.0. The highest BCUT2D eigenvalue weighted by Gasteiger charge is 2.17. The van der Waals surface area contributed by atoms with E-state index in [0.717, 1.165) is 23.4 Å². The fourth-order valence-corrected chi connectivity index (χ4v) is 3.08. The van der Waals surface area contributed by atoms with E-state index in [4.69, 9.17) is 13.8 Å². The third-order valence-electron chi connectivity index (χ3n) is 4.80. The smallest absolute Gasteiger partial charge is 0.245 e. The molecule has 0 spiro atoms. The topological polar surface area (TPSA) is 65.0 Å². The number of oxazole rings is 2. The van der Waals surface area contributed by atoms with Gasteiger partial charge < -0.3 is 8.83 Å². The molecule has 0 saturated carbocycles. The zero-order chi connectivity index (χ0) is 20.4. The molecule has 0 aliphatic rings. The Labute approximate surface area is 170 Å². The van der Waals surface area contributed by atoms with Crippen molar-refractivity contribution in [2.75, 3.05) is 0 Å². The third-order valence-corrected chi connectivity index (χ3v) is 4.80. The molecule has 0 unspecified atom stereocenters. The van der Waals surface area contributed by atoms with Crippen LogP contribution in [-0.4, -0.2) is 15.0 Å². The van der Waals surface area contributed by atoms with E-state index in [0.29, 0.717) is 35.0 Å². The van der Waals surface area contributed by atoms with Gasteiger partial charge in [0.25, 0.3) is 0 Å². The van der Waals surface area contributed by atoms with Crippen LogP contribution in [0.25, 0.3) is 23.2 Å². The summed E-state index contributed by atoms with van der Waals surface area (Å²) in [6.07, 6.45) is 4.18. The van der Waals surface area contributed by atoms with Crippen molar-refractivity contribution in [3.05, 3.63) is 77.5 Å². The van der Waals surface area contributed by atoms with Gasteiger partial charge >= 0.3 is 0 Å². The summed E-state index contributed by atoms with van der Waals surface area (Å²) in [5, 5.41) is 0. The first kappa shape index (κ1) is 19.1. The zero-order valence-electron chi connectivity index (χ0n) is 17.2. The van der Waals surface area contributed by atoms with E-state index in [1.54, 1.807) is 12.5 Å². The van der Waals surface area contributed by atoms with Gasteiger partial charge in [0.05, 0.1) is 11.4 Å². The van der Waals surface area contributed by atoms with Crippen LogP contribution in [0, 0.1) is 0 Å². The Morgan fingerprint density at radius 3 is 1.66 bits per heavy atom. The Morgan fingerprint density at radius 1 is 0.690 bits per heavy atom. The molecule has 0 amide bonds. The molecule has 0 saturated heterocycles. The van der Waals surface area contributed by atoms with Crippen molar-refractivity contribution in [1.82, 2.24) is 15.0 Å². The van der Waals surface area contributed by atoms with Gasteiger partial charge in [-0.1, -0.05) is 58.0 Å². The largest absolute Gasteiger partial charge is 0.443 e. The predicted octanol–water partition coefficient (Wildman–Crippen LogP) is 6.23. The molecular weight excluding hydrogens is 362 g/mol. The minimum absolute atomic E-state index is 0.291. The van der Waals surface area contributed by atoms with E-state index < -0.39 is 0 Å². The van der Waals surface area contributed by atoms with Crippen molar-refractivity contribution < 1.29 is 8.83 Å². The van der Waals surface area contributed by atoms with Crippen LogP contribution >= 0.6 is 0 Å². The van der Waals surface area contributed by atoms with Crippen LogP contribution < -0.4 is 0 Å². The highest BCUT2D eigenvalue weighted by Crippen LogP contribution is 2.28. The Hall–Kier alpha value is -3.21. The first-order valence-corrected chi connectivity index (χ1v) is 9.96. The van der Waals surface area contributed by atoms with Crippen LogP contribution in [0.3, 0.4) is 0 Å². The van der Waals surface area contributed by atoms with Crippen LogP contribution in [0.15, 0.2) is 63.8 Å². The van der Waals surface area contributed by atoms with E-state index in [-0.39, 0.29) is 0 Å². The maximum Gasteiger partial charge on any atom is 0.245 e. The van der Waals surface area contributed by atoms with E-state index >= 15 is 0 Å². The molecule has 0 radical (unpaired) electrons. The number of pyridine rings is 1. The second-order valence-electron chi connectivity index (χ2n) is 7.87. The summed E-state index contributed by atoms with van der Waals surface area (Å²) in [7, 11) is 0. The summed E-state index contributed by atoms with van der Waals surface area (Å²) >= 11 is 0. The van der Waals surface area contributed by atoms with Crippen molar-refractivity contribution >= 4 is 0 Å². The van der Waals surface area contributed by atoms with Crippen molar-refractivity contribution in [3.63, 3.8) is 0 Å². The molecular formula is C24H25N3O2. The predicted molar refractivity (Wildman–Crippen MR) is 113 cm³/mol. The normalized spacial score (nSPS) is 11.5. The van der Waals surface area contributed by atoms with Gasteiger partial charge in [-0.3, -0.25) is 0 Å². The summed E-state index contributed by atoms with van der Waals surface area (Å²) in [6.45, 7) is 8.36. The van der Waals surface area contributed by atoms with Crippen LogP contribution in [-0.2, 0) is 6.42 Å². The van der Waals surface area contributed by atoms with Gasteiger partial charge in [0.15, 0.2) is 0 Å². The Morgan fingerprint density at radius 2 is 1.21 bits per heavy atom. The number of rotatable bonds is 6. The molecule has 0 bridgehead atoms. The number of aromatic nitrogens is 3. The number of benzene rings is 1. The minimum atomic E-state index is 0.291. The fraction of sp³-hybridized carbons (Fsp3) is 0.292. The Bertz CT molecular complexity index is 1030. The van der Waals surface area contributed by atoms with Gasteiger partial charge in [0.1, 0.15) is 23.9 Å². The lowest BCUT2D eigenvalue weighted by atomic mass is 10.0. The zero-order valence-corrected chi connectivity index (χ0v) is 17.2. The highest BCUT2D eigenvalue weighted by atomic mass is 16.3. The molecule has 0 N–H and O–H groups in total. The van der Waals surface area contributed by atoms with Crippen LogP contribution in [0.1, 0.15) is 62.0 Å². The quantitative estimate of drug-likeness (QED) is 0.392. The lowest BCUT2D eigenvalue weighted by molar-refractivity contribution is 0.564. The van der Waals surface area contributed by atoms with Gasteiger partial charge in [-0.15, -0.1) is 0 Å². The van der Waals surface area contributed by atoms with E-state index in [2.05, 4.69) is 49.8 Å². The molecule has 0 aliphatic heterocycles. The summed E-state index contributed by atoms with van der Waals surface area (Å²) < 4.78 is 11.5. The van der Waals surface area contributed by atoms with Crippen molar-refractivity contribution in [1.29, 1.82) is 0 Å². The standard InChI is InChI=1S/C24H25N3O2/c1-15(2)21-13-28-23(26-21)19-11-18(10-17-8-6-5-7-9-17)12-20(25-19)24-27-22(14-29-24)16(3)4/h5-9,11-16H,10H2,1-4H3. The van der Waals surface area contributed by atoms with Crippen molar-refractivity contribution in [2.45, 2.75) is 46.0 Å². The Kier molecular flexibility index (Phi) is 5.30. The molecule has 4 aromatic rings. The lowest BCUT2D eigenvalue weighted by Crippen LogP contribution is -1.96. The number of hydrogen-bond donors (Lipinski definition) is 0. The molecule has 5 heteroatoms. The van der Waals surface area contributed by atoms with E-state index in [1.807, 2.05) is 30.3 Å². The second kappa shape index (κ2) is 8.03. The summed E-state index contributed by atoms with van der Waals surface area (Å²) in [6, 6.07) is 14.4. The minimum Gasteiger partial charge on any atom is -0.443 e. The molecule has 4 rings (SSSR count). The fourth-order valence-electron chi connectivity index (χ4n) is 3.08. The van der Waals surface area contributed by atoms with Gasteiger partial charge in [-0.25, -0.2) is 15.0 Å². The van der Waals surface area contributed by atoms with Gasteiger partial charge in [0, 0.05) is 0 Å². The average molecular weight is 387 g/mol. The molecule has 3 aromatic heterocycles. The molecule has 0 fully saturated rings. The molecule has 0 aliphatic carbocycles. The lowest BCUT2D eigenvalue weighted by Gasteiger charge is -2.06. The van der Waals surface area contributed by atoms with E-state index in [9.17, 15) is 0 Å². The molecule has 5 nitrogen and oxygen atoms in total. The van der Waals surface area contributed by atoms with Crippen molar-refractivity contribution in [3.8, 4) is 23.2 Å². The average Bonchev–Trinajstić information content (AvgIpc) is 3.39. The third kappa shape index (κ3) is 4.29. The van der Waals surface area contributed by atoms with Crippen LogP contribution in [0.4, 0.5) is 0 Å². The Balaban J connectivity index is 1.77. The van der Waals surface area contributed by atoms with Gasteiger partial charge in [-0.2, -0.15) is 0 Å². The molecule has 1 aromatic carbocycles. The van der Waals surface area contributed by atoms with Crippen LogP contribution in [0.5, 0.6) is 0 Å². The van der Waals surface area contributed by atoms with Crippen molar-refractivity contribution in [2.24, 2.45) is 0 Å². The molecule has 148 valence electrons. The first-order valence-electron chi connectivity index (χ1n) is 9.96. The van der Waals surface area contributed by atoms with Gasteiger partial charge in [-0.05, 0) is 41.5 Å². The maximum absolute atomic E-state index is 5.73. The maximum atomic E-state index is 5.73. The highest BCUT2D eigenvalue weighted by molar-refractivity contribution is 5.58. The van der Waals surface area contributed by atoms with Crippen LogP contribution in [0.2, 0.25) is 0 Å². The summed E-state index contributed by atoms with van der Waals surface area (Å²) in [5.41, 5.74) is 5.52. The monoisotopic (exact) mass is 387 g/mol. The van der Waals surface area contributed by atoms with E-state index in [1.165, 1.54) is 5.56 Å². The summed E-state index contributed by atoms with van der Waals surface area (Å²) in [5.74, 6) is 1.61. The molecule has 0 atom stereocenters. The number of nitrogens with zero attached hydrogens (tertiary/aromatic N) is 3. The molecule has 29 heavy (non-hydrogen) atoms. The molecule has 3 heterocycles. The number of hydrogen-bond acceptors (Lipinski definition) is 5. The second-order valence-corrected chi connectivity index (χ2v) is 7.87. The first-order chi connectivity index (χ1) is 14.0. The van der Waals surface area contributed by atoms with Gasteiger partial charge in [0.2, 0.25) is 11.8 Å². The SMILES string of the molecule is CC(C)c1coc(-c2cc(Cc3ccccc3)cc(-c3nc(C(C)C)co3)n2)n1.